The Labute approximate surface area is 115 Å². The minimum absolute atomic E-state index is 0.131. The summed E-state index contributed by atoms with van der Waals surface area (Å²) in [5, 5.41) is 0. The molecule has 0 saturated heterocycles. The minimum Gasteiger partial charge on any atom is -0.327 e. The summed E-state index contributed by atoms with van der Waals surface area (Å²) in [6.45, 7) is 4.64. The Morgan fingerprint density at radius 3 is 2.95 bits per heavy atom. The first-order valence-electron chi connectivity index (χ1n) is 7.27. The van der Waals surface area contributed by atoms with E-state index in [1.165, 1.54) is 24.0 Å². The zero-order chi connectivity index (χ0) is 13.8. The molecular weight excluding hydrogens is 236 g/mol. The van der Waals surface area contributed by atoms with Crippen LogP contribution >= 0.6 is 0 Å². The fourth-order valence-corrected chi connectivity index (χ4v) is 2.78. The molecule has 0 bridgehead atoms. The third kappa shape index (κ3) is 3.35. The molecule has 1 aromatic rings. The number of anilines is 1. The summed E-state index contributed by atoms with van der Waals surface area (Å²) in [7, 11) is 0. The molecule has 2 rings (SSSR count). The maximum absolute atomic E-state index is 11.5. The lowest BCUT2D eigenvalue weighted by Gasteiger charge is -2.16. The molecule has 104 valence electrons. The fourth-order valence-electron chi connectivity index (χ4n) is 2.78. The van der Waals surface area contributed by atoms with Gasteiger partial charge in [0.15, 0.2) is 0 Å². The third-order valence-corrected chi connectivity index (χ3v) is 3.85. The van der Waals surface area contributed by atoms with E-state index in [4.69, 9.17) is 5.73 Å². The van der Waals surface area contributed by atoms with Crippen molar-refractivity contribution in [1.82, 2.24) is 0 Å². The van der Waals surface area contributed by atoms with Gasteiger partial charge in [-0.15, -0.1) is 0 Å². The number of nitrogens with two attached hydrogens (primary N) is 1. The molecule has 1 aromatic carbocycles. The second-order valence-electron chi connectivity index (χ2n) is 5.49. The van der Waals surface area contributed by atoms with Crippen LogP contribution in [0.25, 0.3) is 0 Å². The van der Waals surface area contributed by atoms with Crippen LogP contribution in [0.2, 0.25) is 0 Å². The molecule has 3 nitrogen and oxygen atoms in total. The quantitative estimate of drug-likeness (QED) is 0.884. The summed E-state index contributed by atoms with van der Waals surface area (Å²) in [6, 6.07) is 6.67. The monoisotopic (exact) mass is 260 g/mol. The topological polar surface area (TPSA) is 46.3 Å². The van der Waals surface area contributed by atoms with Gasteiger partial charge in [-0.25, -0.2) is 0 Å². The van der Waals surface area contributed by atoms with Crippen molar-refractivity contribution in [3.8, 4) is 0 Å². The molecule has 1 heterocycles. The highest BCUT2D eigenvalue weighted by molar-refractivity contribution is 5.93. The molecule has 19 heavy (non-hydrogen) atoms. The van der Waals surface area contributed by atoms with E-state index < -0.39 is 0 Å². The van der Waals surface area contributed by atoms with Crippen LogP contribution in [-0.4, -0.2) is 18.5 Å². The summed E-state index contributed by atoms with van der Waals surface area (Å²) in [6.07, 6.45) is 5.39. The second kappa shape index (κ2) is 6.20. The summed E-state index contributed by atoms with van der Waals surface area (Å²) in [5.41, 5.74) is 9.82. The molecule has 0 aromatic heterocycles. The normalized spacial score (nSPS) is 15.4. The van der Waals surface area contributed by atoms with E-state index in [0.29, 0.717) is 0 Å². The van der Waals surface area contributed by atoms with Crippen LogP contribution < -0.4 is 10.6 Å². The van der Waals surface area contributed by atoms with Gasteiger partial charge < -0.3 is 10.6 Å². The average molecular weight is 260 g/mol. The van der Waals surface area contributed by atoms with Gasteiger partial charge in [0.25, 0.3) is 0 Å². The summed E-state index contributed by atoms with van der Waals surface area (Å²) in [5.74, 6) is 0.131. The van der Waals surface area contributed by atoms with Gasteiger partial charge in [-0.2, -0.15) is 0 Å². The number of unbranched alkanes of at least 4 members (excludes halogenated alkanes) is 1. The van der Waals surface area contributed by atoms with Crippen LogP contribution in [0.5, 0.6) is 0 Å². The second-order valence-corrected chi connectivity index (χ2v) is 5.49. The van der Waals surface area contributed by atoms with Gasteiger partial charge in [-0.05, 0) is 36.5 Å². The zero-order valence-electron chi connectivity index (χ0n) is 12.0. The molecule has 1 amide bonds. The van der Waals surface area contributed by atoms with Crippen molar-refractivity contribution in [3.63, 3.8) is 0 Å². The number of rotatable bonds is 5. The largest absolute Gasteiger partial charge is 0.327 e. The standard InChI is InChI=1S/C16H24N2O/c1-3-4-5-15(17)11-13-6-7-16-14(10-13)8-9-18(16)12(2)19/h6-7,10,15H,3-5,8-9,11,17H2,1-2H3. The Morgan fingerprint density at radius 1 is 1.47 bits per heavy atom. The number of nitrogens with zero attached hydrogens (tertiary/aromatic N) is 1. The highest BCUT2D eigenvalue weighted by Crippen LogP contribution is 2.29. The molecule has 1 aliphatic heterocycles. The Balaban J connectivity index is 2.04. The highest BCUT2D eigenvalue weighted by Gasteiger charge is 2.22. The maximum Gasteiger partial charge on any atom is 0.223 e. The van der Waals surface area contributed by atoms with Gasteiger partial charge in [0.05, 0.1) is 0 Å². The maximum atomic E-state index is 11.5. The number of benzene rings is 1. The summed E-state index contributed by atoms with van der Waals surface area (Å²) in [4.78, 5) is 13.4. The first-order valence-corrected chi connectivity index (χ1v) is 7.27. The van der Waals surface area contributed by atoms with Crippen molar-refractivity contribution in [2.24, 2.45) is 5.73 Å². The molecule has 0 radical (unpaired) electrons. The SMILES string of the molecule is CCCCC(N)Cc1ccc2c(c1)CCN2C(C)=O. The van der Waals surface area contributed by atoms with Gasteiger partial charge in [-0.1, -0.05) is 31.9 Å². The van der Waals surface area contributed by atoms with Gasteiger partial charge in [0.1, 0.15) is 0 Å². The van der Waals surface area contributed by atoms with Crippen molar-refractivity contribution < 1.29 is 4.79 Å². The predicted octanol–water partition coefficient (Wildman–Crippen LogP) is 2.66. The Hall–Kier alpha value is -1.35. The van der Waals surface area contributed by atoms with Crippen LogP contribution in [0.4, 0.5) is 5.69 Å². The van der Waals surface area contributed by atoms with Gasteiger partial charge in [0, 0.05) is 25.2 Å². The van der Waals surface area contributed by atoms with Crippen molar-refractivity contribution in [1.29, 1.82) is 0 Å². The molecule has 1 atom stereocenters. The molecule has 0 aliphatic carbocycles. The number of carbonyl (C=O) groups excluding carboxylic acids is 1. The minimum atomic E-state index is 0.131. The molecule has 0 spiro atoms. The first-order chi connectivity index (χ1) is 9.11. The fraction of sp³-hybridized carbons (Fsp3) is 0.562. The van der Waals surface area contributed by atoms with Crippen molar-refractivity contribution in [3.05, 3.63) is 29.3 Å². The molecule has 2 N–H and O–H groups in total. The Bertz CT molecular complexity index is 456. The van der Waals surface area contributed by atoms with Crippen molar-refractivity contribution in [2.45, 2.75) is 52.0 Å². The third-order valence-electron chi connectivity index (χ3n) is 3.85. The van der Waals surface area contributed by atoms with E-state index in [1.807, 2.05) is 4.90 Å². The molecule has 0 fully saturated rings. The average Bonchev–Trinajstić information content (AvgIpc) is 2.79. The highest BCUT2D eigenvalue weighted by atomic mass is 16.2. The molecular formula is C16H24N2O. The van der Waals surface area contributed by atoms with E-state index in [0.717, 1.165) is 31.5 Å². The number of carbonyl (C=O) groups is 1. The first kappa shape index (κ1) is 14.1. The lowest BCUT2D eigenvalue weighted by atomic mass is 9.99. The van der Waals surface area contributed by atoms with Crippen LogP contribution in [-0.2, 0) is 17.6 Å². The molecule has 3 heteroatoms. The zero-order valence-corrected chi connectivity index (χ0v) is 12.0. The molecule has 0 saturated carbocycles. The van der Waals surface area contributed by atoms with Gasteiger partial charge in [0.2, 0.25) is 5.91 Å². The van der Waals surface area contributed by atoms with Crippen molar-refractivity contribution >= 4 is 11.6 Å². The summed E-state index contributed by atoms with van der Waals surface area (Å²) < 4.78 is 0. The molecule has 1 unspecified atom stereocenters. The van der Waals surface area contributed by atoms with Crippen LogP contribution in [0.15, 0.2) is 18.2 Å². The lowest BCUT2D eigenvalue weighted by molar-refractivity contribution is -0.116. The van der Waals surface area contributed by atoms with E-state index >= 15 is 0 Å². The van der Waals surface area contributed by atoms with Crippen LogP contribution in [0.1, 0.15) is 44.2 Å². The van der Waals surface area contributed by atoms with E-state index in [9.17, 15) is 4.79 Å². The number of amides is 1. The number of hydrogen-bond acceptors (Lipinski definition) is 2. The smallest absolute Gasteiger partial charge is 0.223 e. The lowest BCUT2D eigenvalue weighted by Crippen LogP contribution is -2.25. The van der Waals surface area contributed by atoms with E-state index in [1.54, 1.807) is 6.92 Å². The van der Waals surface area contributed by atoms with E-state index in [2.05, 4.69) is 25.1 Å². The van der Waals surface area contributed by atoms with Crippen molar-refractivity contribution in [2.75, 3.05) is 11.4 Å². The van der Waals surface area contributed by atoms with Gasteiger partial charge >= 0.3 is 0 Å². The molecule has 1 aliphatic rings. The van der Waals surface area contributed by atoms with E-state index in [-0.39, 0.29) is 11.9 Å². The number of fused-ring (bicyclic) bond motifs is 1. The van der Waals surface area contributed by atoms with Crippen LogP contribution in [0.3, 0.4) is 0 Å². The number of hydrogen-bond donors (Lipinski definition) is 1. The summed E-state index contributed by atoms with van der Waals surface area (Å²) >= 11 is 0. The Morgan fingerprint density at radius 2 is 2.26 bits per heavy atom. The van der Waals surface area contributed by atoms with Gasteiger partial charge in [-0.3, -0.25) is 4.79 Å². The van der Waals surface area contributed by atoms with Crippen LogP contribution in [0, 0.1) is 0 Å². The predicted molar refractivity (Wildman–Crippen MR) is 79.4 cm³/mol. The Kier molecular flexibility index (Phi) is 4.59.